The maximum atomic E-state index is 13.0. The average Bonchev–Trinajstić information content (AvgIpc) is 3.45. The number of halogens is 1. The van der Waals surface area contributed by atoms with Gasteiger partial charge in [0.15, 0.2) is 5.76 Å². The molecule has 0 saturated heterocycles. The quantitative estimate of drug-likeness (QED) is 0.129. The molecule has 0 aliphatic heterocycles. The van der Waals surface area contributed by atoms with Crippen molar-refractivity contribution in [2.45, 2.75) is 0 Å². The summed E-state index contributed by atoms with van der Waals surface area (Å²) in [5.74, 6) is -0.941. The zero-order valence-corrected chi connectivity index (χ0v) is 19.3. The Bertz CT molecular complexity index is 1460. The summed E-state index contributed by atoms with van der Waals surface area (Å²) in [5.41, 5.74) is 1.16. The smallest absolute Gasteiger partial charge is 0.400 e. The van der Waals surface area contributed by atoms with Crippen LogP contribution in [-0.4, -0.2) is 27.0 Å². The molecule has 0 spiro atoms. The minimum absolute atomic E-state index is 0.0668. The van der Waals surface area contributed by atoms with Crippen LogP contribution in [0.15, 0.2) is 74.7 Å². The number of aromatic nitrogens is 1. The van der Waals surface area contributed by atoms with Crippen LogP contribution in [0.5, 0.6) is 0 Å². The summed E-state index contributed by atoms with van der Waals surface area (Å²) in [6.07, 6.45) is 3.90. The Balaban J connectivity index is 1.65. The zero-order chi connectivity index (χ0) is 24.2. The molecule has 0 fully saturated rings. The Morgan fingerprint density at radius 3 is 2.53 bits per heavy atom. The van der Waals surface area contributed by atoms with Gasteiger partial charge < -0.3 is 4.42 Å². The highest BCUT2D eigenvalue weighted by Crippen LogP contribution is 2.31. The minimum atomic E-state index is -0.682. The fourth-order valence-electron chi connectivity index (χ4n) is 2.75. The first-order valence-corrected chi connectivity index (χ1v) is 11.0. The highest BCUT2D eigenvalue weighted by molar-refractivity contribution is 9.10. The van der Waals surface area contributed by atoms with Crippen LogP contribution in [0.25, 0.3) is 16.3 Å². The van der Waals surface area contributed by atoms with Crippen molar-refractivity contribution in [2.24, 2.45) is 5.10 Å². The monoisotopic (exact) mass is 541 g/mol. The number of thiazole rings is 1. The molecule has 0 aliphatic carbocycles. The molecule has 0 aliphatic rings. The predicted octanol–water partition coefficient (Wildman–Crippen LogP) is 5.55. The lowest BCUT2D eigenvalue weighted by Crippen LogP contribution is -2.23. The number of hydrazone groups is 1. The summed E-state index contributed by atoms with van der Waals surface area (Å²) >= 11 is 4.62. The number of nitro groups is 2. The number of non-ortho nitro benzene ring substituents is 1. The fraction of sp³-hybridized carbons (Fsp3) is 0. The molecule has 0 radical (unpaired) electrons. The largest absolute Gasteiger partial charge is 0.433 e. The van der Waals surface area contributed by atoms with Crippen molar-refractivity contribution in [3.63, 3.8) is 0 Å². The number of anilines is 1. The van der Waals surface area contributed by atoms with Crippen molar-refractivity contribution in [1.82, 2.24) is 4.98 Å². The summed E-state index contributed by atoms with van der Waals surface area (Å²) in [5, 5.41) is 27.1. The SMILES string of the molecule is O=C(/C=C/c1ccc([N+](=O)[O-])cc1)N(/N=C/c1ccc([N+](=O)[O-])o1)c1nc2ccc(Br)cc2s1. The van der Waals surface area contributed by atoms with Gasteiger partial charge in [-0.2, -0.15) is 10.1 Å². The molecular weight excluding hydrogens is 530 g/mol. The van der Waals surface area contributed by atoms with E-state index in [2.05, 4.69) is 26.0 Å². The number of hydrogen-bond donors (Lipinski definition) is 0. The Kier molecular flexibility index (Phi) is 6.56. The molecule has 0 atom stereocenters. The Hall–Kier alpha value is -4.23. The van der Waals surface area contributed by atoms with Crippen LogP contribution in [0.2, 0.25) is 0 Å². The molecule has 2 aromatic heterocycles. The molecule has 34 heavy (non-hydrogen) atoms. The average molecular weight is 542 g/mol. The molecular formula is C21H12BrN5O6S. The van der Waals surface area contributed by atoms with Crippen molar-refractivity contribution >= 4 is 72.4 Å². The van der Waals surface area contributed by atoms with Gasteiger partial charge in [0, 0.05) is 22.7 Å². The number of rotatable bonds is 7. The summed E-state index contributed by atoms with van der Waals surface area (Å²) in [4.78, 5) is 37.9. The second-order valence-corrected chi connectivity index (χ2v) is 8.54. The third-order valence-electron chi connectivity index (χ3n) is 4.34. The number of fused-ring (bicyclic) bond motifs is 1. The lowest BCUT2D eigenvalue weighted by atomic mass is 10.2. The number of carbonyl (C=O) groups is 1. The normalized spacial score (nSPS) is 11.4. The molecule has 0 saturated carbocycles. The number of nitrogens with zero attached hydrogens (tertiary/aromatic N) is 5. The number of nitro benzene ring substituents is 1. The number of carbonyl (C=O) groups excluding carboxylic acids is 1. The molecule has 1 amide bonds. The van der Waals surface area contributed by atoms with E-state index in [-0.39, 0.29) is 16.6 Å². The third kappa shape index (κ3) is 5.22. The van der Waals surface area contributed by atoms with Crippen LogP contribution >= 0.6 is 27.3 Å². The molecule has 13 heteroatoms. The van der Waals surface area contributed by atoms with Gasteiger partial charge in [0.05, 0.1) is 27.4 Å². The Morgan fingerprint density at radius 2 is 1.85 bits per heavy atom. The number of benzene rings is 2. The maximum Gasteiger partial charge on any atom is 0.433 e. The van der Waals surface area contributed by atoms with E-state index in [4.69, 9.17) is 4.42 Å². The van der Waals surface area contributed by atoms with E-state index in [1.165, 1.54) is 66.1 Å². The van der Waals surface area contributed by atoms with Gasteiger partial charge in [-0.25, -0.2) is 4.98 Å². The molecule has 0 unspecified atom stereocenters. The van der Waals surface area contributed by atoms with Gasteiger partial charge >= 0.3 is 5.88 Å². The van der Waals surface area contributed by atoms with Crippen LogP contribution in [0.3, 0.4) is 0 Å². The molecule has 0 bridgehead atoms. The van der Waals surface area contributed by atoms with Gasteiger partial charge in [-0.1, -0.05) is 27.3 Å². The lowest BCUT2D eigenvalue weighted by Gasteiger charge is -2.10. The summed E-state index contributed by atoms with van der Waals surface area (Å²) in [6, 6.07) is 13.7. The Morgan fingerprint density at radius 1 is 1.09 bits per heavy atom. The first-order valence-electron chi connectivity index (χ1n) is 9.41. The topological polar surface area (TPSA) is 145 Å². The highest BCUT2D eigenvalue weighted by Gasteiger charge is 2.18. The summed E-state index contributed by atoms with van der Waals surface area (Å²) in [6.45, 7) is 0. The summed E-state index contributed by atoms with van der Waals surface area (Å²) in [7, 11) is 0. The molecule has 11 nitrogen and oxygen atoms in total. The first kappa shape index (κ1) is 22.9. The van der Waals surface area contributed by atoms with E-state index in [1.807, 2.05) is 12.1 Å². The van der Waals surface area contributed by atoms with Gasteiger partial charge in [-0.3, -0.25) is 25.0 Å². The van der Waals surface area contributed by atoms with E-state index in [0.717, 1.165) is 14.2 Å². The second kappa shape index (κ2) is 9.72. The van der Waals surface area contributed by atoms with Crippen LogP contribution in [0, 0.1) is 20.2 Å². The van der Waals surface area contributed by atoms with E-state index in [0.29, 0.717) is 11.1 Å². The van der Waals surface area contributed by atoms with Gasteiger partial charge in [-0.05, 0) is 48.0 Å². The molecule has 2 aromatic carbocycles. The van der Waals surface area contributed by atoms with Crippen molar-refractivity contribution in [1.29, 1.82) is 0 Å². The van der Waals surface area contributed by atoms with Gasteiger partial charge in [0.1, 0.15) is 4.92 Å². The van der Waals surface area contributed by atoms with Crippen LogP contribution < -0.4 is 5.01 Å². The molecule has 2 heterocycles. The molecule has 0 N–H and O–H groups in total. The van der Waals surface area contributed by atoms with Crippen molar-refractivity contribution in [3.8, 4) is 0 Å². The first-order chi connectivity index (χ1) is 16.3. The van der Waals surface area contributed by atoms with Gasteiger partial charge in [0.25, 0.3) is 11.6 Å². The van der Waals surface area contributed by atoms with Crippen LogP contribution in [0.4, 0.5) is 16.7 Å². The highest BCUT2D eigenvalue weighted by atomic mass is 79.9. The van der Waals surface area contributed by atoms with E-state index < -0.39 is 21.6 Å². The van der Waals surface area contributed by atoms with Crippen LogP contribution in [-0.2, 0) is 4.79 Å². The standard InChI is InChI=1S/C21H12BrN5O6S/c22-14-4-8-17-18(11-14)34-21(24-17)25(23-12-16-7-10-20(33-16)27(31)32)19(28)9-3-13-1-5-15(6-2-13)26(29)30/h1-12H/b9-3+,23-12+. The number of hydrogen-bond acceptors (Lipinski definition) is 9. The van der Waals surface area contributed by atoms with E-state index >= 15 is 0 Å². The van der Waals surface area contributed by atoms with E-state index in [9.17, 15) is 25.0 Å². The molecule has 4 aromatic rings. The Labute approximate surface area is 203 Å². The zero-order valence-electron chi connectivity index (χ0n) is 16.9. The minimum Gasteiger partial charge on any atom is -0.400 e. The van der Waals surface area contributed by atoms with Crippen molar-refractivity contribution < 1.29 is 19.1 Å². The van der Waals surface area contributed by atoms with Crippen molar-refractivity contribution in [3.05, 3.63) is 96.7 Å². The predicted molar refractivity (Wildman–Crippen MR) is 130 cm³/mol. The van der Waals surface area contributed by atoms with Crippen molar-refractivity contribution in [2.75, 3.05) is 5.01 Å². The van der Waals surface area contributed by atoms with E-state index in [1.54, 1.807) is 6.07 Å². The number of amides is 1. The maximum absolute atomic E-state index is 13.0. The van der Waals surface area contributed by atoms with Crippen LogP contribution in [0.1, 0.15) is 11.3 Å². The lowest BCUT2D eigenvalue weighted by molar-refractivity contribution is -0.402. The molecule has 4 rings (SSSR count). The van der Waals surface area contributed by atoms with Gasteiger partial charge in [-0.15, -0.1) is 0 Å². The number of furan rings is 1. The summed E-state index contributed by atoms with van der Waals surface area (Å²) < 4.78 is 6.72. The third-order valence-corrected chi connectivity index (χ3v) is 5.83. The molecule has 170 valence electrons. The second-order valence-electron chi connectivity index (χ2n) is 6.62. The van der Waals surface area contributed by atoms with Gasteiger partial charge in [0.2, 0.25) is 5.13 Å². The fourth-order valence-corrected chi connectivity index (χ4v) is 4.23.